The number of halogens is 1. The van der Waals surface area contributed by atoms with Gasteiger partial charge in [-0.15, -0.1) is 0 Å². The summed E-state index contributed by atoms with van der Waals surface area (Å²) in [7, 11) is 1.50. The van der Waals surface area contributed by atoms with Crippen LogP contribution < -0.4 is 4.74 Å². The predicted molar refractivity (Wildman–Crippen MR) is 57.5 cm³/mol. The van der Waals surface area contributed by atoms with Gasteiger partial charge in [0.25, 0.3) is 0 Å². The highest BCUT2D eigenvalue weighted by Crippen LogP contribution is 2.20. The van der Waals surface area contributed by atoms with Crippen LogP contribution in [0.25, 0.3) is 0 Å². The summed E-state index contributed by atoms with van der Waals surface area (Å²) in [6.07, 6.45) is 2.55. The van der Waals surface area contributed by atoms with Crippen molar-refractivity contribution in [3.8, 4) is 5.75 Å². The van der Waals surface area contributed by atoms with Crippen molar-refractivity contribution in [1.82, 2.24) is 4.90 Å². The Morgan fingerprint density at radius 3 is 2.73 bits per heavy atom. The Balaban J connectivity index is 2.07. The summed E-state index contributed by atoms with van der Waals surface area (Å²) >= 11 is 0. The standard InChI is InChI=1S/C12H16FNO/c1-15-12-8-10(4-5-11(12)13)9-14-6-2-3-7-14/h4-5,8H,2-3,6-7,9H2,1H3. The first kappa shape index (κ1) is 10.4. The van der Waals surface area contributed by atoms with E-state index in [0.29, 0.717) is 5.75 Å². The van der Waals surface area contributed by atoms with Crippen LogP contribution in [-0.2, 0) is 6.54 Å². The quantitative estimate of drug-likeness (QED) is 0.758. The molecule has 0 N–H and O–H groups in total. The van der Waals surface area contributed by atoms with E-state index in [4.69, 9.17) is 4.74 Å². The molecule has 1 fully saturated rings. The Bertz CT molecular complexity index is 334. The lowest BCUT2D eigenvalue weighted by Gasteiger charge is -2.15. The van der Waals surface area contributed by atoms with Gasteiger partial charge in [0.05, 0.1) is 7.11 Å². The van der Waals surface area contributed by atoms with Crippen LogP contribution in [0.3, 0.4) is 0 Å². The third-order valence-electron chi connectivity index (χ3n) is 2.82. The maximum atomic E-state index is 13.1. The molecule has 1 aromatic rings. The monoisotopic (exact) mass is 209 g/mol. The zero-order valence-corrected chi connectivity index (χ0v) is 9.00. The predicted octanol–water partition coefficient (Wildman–Crippen LogP) is 2.43. The largest absolute Gasteiger partial charge is 0.494 e. The second-order valence-corrected chi connectivity index (χ2v) is 3.95. The molecule has 0 radical (unpaired) electrons. The third-order valence-corrected chi connectivity index (χ3v) is 2.82. The first-order valence-electron chi connectivity index (χ1n) is 5.34. The molecular weight excluding hydrogens is 193 g/mol. The Morgan fingerprint density at radius 1 is 1.33 bits per heavy atom. The molecule has 0 unspecified atom stereocenters. The fraction of sp³-hybridized carbons (Fsp3) is 0.500. The van der Waals surface area contributed by atoms with Crippen molar-refractivity contribution < 1.29 is 9.13 Å². The van der Waals surface area contributed by atoms with E-state index >= 15 is 0 Å². The van der Waals surface area contributed by atoms with Gasteiger partial charge in [-0.05, 0) is 43.6 Å². The van der Waals surface area contributed by atoms with Crippen molar-refractivity contribution in [2.75, 3.05) is 20.2 Å². The maximum absolute atomic E-state index is 13.1. The Hall–Kier alpha value is -1.09. The Labute approximate surface area is 89.7 Å². The minimum atomic E-state index is -0.289. The molecule has 2 rings (SSSR count). The van der Waals surface area contributed by atoms with Gasteiger partial charge in [-0.2, -0.15) is 0 Å². The van der Waals surface area contributed by atoms with Gasteiger partial charge in [-0.1, -0.05) is 6.07 Å². The van der Waals surface area contributed by atoms with Crippen molar-refractivity contribution in [1.29, 1.82) is 0 Å². The average molecular weight is 209 g/mol. The zero-order valence-electron chi connectivity index (χ0n) is 9.00. The lowest BCUT2D eigenvalue weighted by Crippen LogP contribution is -2.18. The van der Waals surface area contributed by atoms with Crippen molar-refractivity contribution >= 4 is 0 Å². The van der Waals surface area contributed by atoms with Crippen LogP contribution in [-0.4, -0.2) is 25.1 Å². The molecule has 1 heterocycles. The minimum Gasteiger partial charge on any atom is -0.494 e. The van der Waals surface area contributed by atoms with E-state index in [2.05, 4.69) is 4.90 Å². The molecule has 0 spiro atoms. The molecule has 0 aliphatic carbocycles. The van der Waals surface area contributed by atoms with E-state index < -0.39 is 0 Å². The molecule has 15 heavy (non-hydrogen) atoms. The first-order chi connectivity index (χ1) is 7.29. The third kappa shape index (κ3) is 2.48. The van der Waals surface area contributed by atoms with Crippen molar-refractivity contribution in [3.63, 3.8) is 0 Å². The summed E-state index contributed by atoms with van der Waals surface area (Å²) in [6, 6.07) is 5.09. The highest BCUT2D eigenvalue weighted by molar-refractivity contribution is 5.30. The lowest BCUT2D eigenvalue weighted by atomic mass is 10.2. The number of rotatable bonds is 3. The molecule has 3 heteroatoms. The van der Waals surface area contributed by atoms with E-state index in [1.807, 2.05) is 6.07 Å². The molecule has 0 atom stereocenters. The van der Waals surface area contributed by atoms with Crippen molar-refractivity contribution in [2.45, 2.75) is 19.4 Å². The zero-order chi connectivity index (χ0) is 10.7. The van der Waals surface area contributed by atoms with Gasteiger partial charge >= 0.3 is 0 Å². The summed E-state index contributed by atoms with van der Waals surface area (Å²) in [5, 5.41) is 0. The molecule has 1 aliphatic rings. The molecule has 0 amide bonds. The van der Waals surface area contributed by atoms with E-state index in [1.54, 1.807) is 6.07 Å². The molecule has 1 aliphatic heterocycles. The summed E-state index contributed by atoms with van der Waals surface area (Å²) in [5.74, 6) is 0.0503. The van der Waals surface area contributed by atoms with Gasteiger partial charge < -0.3 is 4.74 Å². The van der Waals surface area contributed by atoms with Gasteiger partial charge in [-0.25, -0.2) is 4.39 Å². The molecule has 1 aromatic carbocycles. The smallest absolute Gasteiger partial charge is 0.165 e. The number of ether oxygens (including phenoxy) is 1. The highest BCUT2D eigenvalue weighted by Gasteiger charge is 2.12. The number of methoxy groups -OCH3 is 1. The van der Waals surface area contributed by atoms with Crippen LogP contribution >= 0.6 is 0 Å². The summed E-state index contributed by atoms with van der Waals surface area (Å²) in [4.78, 5) is 2.38. The SMILES string of the molecule is COc1cc(CN2CCCC2)ccc1F. The number of nitrogens with zero attached hydrogens (tertiary/aromatic N) is 1. The van der Waals surface area contributed by atoms with Gasteiger partial charge in [0, 0.05) is 6.54 Å². The summed E-state index contributed by atoms with van der Waals surface area (Å²) < 4.78 is 18.1. The summed E-state index contributed by atoms with van der Waals surface area (Å²) in [6.45, 7) is 3.20. The van der Waals surface area contributed by atoms with Crippen LogP contribution in [0.4, 0.5) is 4.39 Å². The van der Waals surface area contributed by atoms with E-state index in [1.165, 1.54) is 26.0 Å². The normalized spacial score (nSPS) is 16.9. The maximum Gasteiger partial charge on any atom is 0.165 e. The fourth-order valence-corrected chi connectivity index (χ4v) is 2.00. The molecule has 0 saturated carbocycles. The van der Waals surface area contributed by atoms with Gasteiger partial charge in [0.2, 0.25) is 0 Å². The molecular formula is C12H16FNO. The molecule has 82 valence electrons. The number of hydrogen-bond donors (Lipinski definition) is 0. The van der Waals surface area contributed by atoms with Crippen molar-refractivity contribution in [2.24, 2.45) is 0 Å². The van der Waals surface area contributed by atoms with Crippen LogP contribution in [0.2, 0.25) is 0 Å². The van der Waals surface area contributed by atoms with Crippen LogP contribution in [0.1, 0.15) is 18.4 Å². The summed E-state index contributed by atoms with van der Waals surface area (Å²) in [5.41, 5.74) is 1.12. The van der Waals surface area contributed by atoms with Crippen LogP contribution in [0.15, 0.2) is 18.2 Å². The molecule has 0 aromatic heterocycles. The van der Waals surface area contributed by atoms with Crippen LogP contribution in [0, 0.1) is 5.82 Å². The lowest BCUT2D eigenvalue weighted by molar-refractivity contribution is 0.329. The topological polar surface area (TPSA) is 12.5 Å². The van der Waals surface area contributed by atoms with E-state index in [9.17, 15) is 4.39 Å². The minimum absolute atomic E-state index is 0.289. The van der Waals surface area contributed by atoms with Crippen LogP contribution in [0.5, 0.6) is 5.75 Å². The Morgan fingerprint density at radius 2 is 2.07 bits per heavy atom. The van der Waals surface area contributed by atoms with Gasteiger partial charge in [-0.3, -0.25) is 4.90 Å². The fourth-order valence-electron chi connectivity index (χ4n) is 2.00. The average Bonchev–Trinajstić information content (AvgIpc) is 2.73. The Kier molecular flexibility index (Phi) is 3.21. The molecule has 0 bridgehead atoms. The first-order valence-corrected chi connectivity index (χ1v) is 5.34. The highest BCUT2D eigenvalue weighted by atomic mass is 19.1. The van der Waals surface area contributed by atoms with Crippen molar-refractivity contribution in [3.05, 3.63) is 29.6 Å². The van der Waals surface area contributed by atoms with Gasteiger partial charge in [0.1, 0.15) is 0 Å². The number of hydrogen-bond acceptors (Lipinski definition) is 2. The van der Waals surface area contributed by atoms with Gasteiger partial charge in [0.15, 0.2) is 11.6 Å². The van der Waals surface area contributed by atoms with E-state index in [0.717, 1.165) is 25.2 Å². The second-order valence-electron chi connectivity index (χ2n) is 3.95. The number of likely N-dealkylation sites (tertiary alicyclic amines) is 1. The number of benzene rings is 1. The second kappa shape index (κ2) is 4.62. The molecule has 1 saturated heterocycles. The van der Waals surface area contributed by atoms with E-state index in [-0.39, 0.29) is 5.82 Å². The molecule has 2 nitrogen and oxygen atoms in total.